The fourth-order valence-corrected chi connectivity index (χ4v) is 4.16. The van der Waals surface area contributed by atoms with Gasteiger partial charge in [0.1, 0.15) is 0 Å². The van der Waals surface area contributed by atoms with Crippen molar-refractivity contribution in [3.8, 4) is 0 Å². The Hall–Kier alpha value is -1.43. The minimum atomic E-state index is -0.257. The Bertz CT molecular complexity index is 549. The Morgan fingerprint density at radius 2 is 1.76 bits per heavy atom. The Labute approximate surface area is 150 Å². The second kappa shape index (κ2) is 8.30. The second-order valence-electron chi connectivity index (χ2n) is 7.53. The molecule has 1 saturated heterocycles. The van der Waals surface area contributed by atoms with Crippen LogP contribution in [0, 0.1) is 0 Å². The first-order valence-corrected chi connectivity index (χ1v) is 9.44. The Morgan fingerprint density at radius 3 is 2.40 bits per heavy atom. The van der Waals surface area contributed by atoms with Gasteiger partial charge in [-0.1, -0.05) is 43.2 Å². The van der Waals surface area contributed by atoms with Crippen molar-refractivity contribution in [2.75, 3.05) is 32.9 Å². The molecule has 2 fully saturated rings. The molecule has 1 aliphatic heterocycles. The van der Waals surface area contributed by atoms with Gasteiger partial charge in [-0.3, -0.25) is 4.79 Å². The third kappa shape index (κ3) is 4.40. The number of hydrogen-bond donors (Lipinski definition) is 3. The van der Waals surface area contributed by atoms with Gasteiger partial charge in [0.05, 0.1) is 13.2 Å². The Kier molecular flexibility index (Phi) is 6.10. The van der Waals surface area contributed by atoms with Crippen LogP contribution < -0.4 is 10.6 Å². The van der Waals surface area contributed by atoms with E-state index in [1.54, 1.807) is 0 Å². The van der Waals surface area contributed by atoms with Gasteiger partial charge < -0.3 is 20.5 Å². The molecule has 0 spiro atoms. The summed E-state index contributed by atoms with van der Waals surface area (Å²) < 4.78 is 5.54. The summed E-state index contributed by atoms with van der Waals surface area (Å²) in [6, 6.07) is 10.4. The third-order valence-electron chi connectivity index (χ3n) is 5.95. The maximum atomic E-state index is 12.4. The number of ether oxygens (including phenoxy) is 1. The predicted molar refractivity (Wildman–Crippen MR) is 97.5 cm³/mol. The fourth-order valence-electron chi connectivity index (χ4n) is 4.16. The number of carbonyl (C=O) groups is 1. The monoisotopic (exact) mass is 346 g/mol. The lowest BCUT2D eigenvalue weighted by Gasteiger charge is -2.38. The highest BCUT2D eigenvalue weighted by molar-refractivity contribution is 5.78. The van der Waals surface area contributed by atoms with Crippen LogP contribution in [-0.4, -0.2) is 49.5 Å². The number of rotatable bonds is 7. The van der Waals surface area contributed by atoms with E-state index in [4.69, 9.17) is 4.74 Å². The van der Waals surface area contributed by atoms with Gasteiger partial charge in [-0.2, -0.15) is 0 Å². The van der Waals surface area contributed by atoms with E-state index in [-0.39, 0.29) is 30.0 Å². The van der Waals surface area contributed by atoms with Crippen molar-refractivity contribution >= 4 is 5.91 Å². The highest BCUT2D eigenvalue weighted by Gasteiger charge is 2.36. The van der Waals surface area contributed by atoms with Gasteiger partial charge in [-0.15, -0.1) is 0 Å². The van der Waals surface area contributed by atoms with Gasteiger partial charge in [0.25, 0.3) is 0 Å². The van der Waals surface area contributed by atoms with Crippen LogP contribution in [0.5, 0.6) is 0 Å². The molecule has 1 heterocycles. The van der Waals surface area contributed by atoms with E-state index in [0.717, 1.165) is 51.7 Å². The molecule has 0 radical (unpaired) electrons. The largest absolute Gasteiger partial charge is 0.394 e. The van der Waals surface area contributed by atoms with Gasteiger partial charge in [-0.05, 0) is 31.2 Å². The van der Waals surface area contributed by atoms with Gasteiger partial charge in [0.2, 0.25) is 5.91 Å². The first kappa shape index (κ1) is 18.4. The Morgan fingerprint density at radius 1 is 1.08 bits per heavy atom. The van der Waals surface area contributed by atoms with E-state index in [2.05, 4.69) is 34.9 Å². The van der Waals surface area contributed by atoms with E-state index >= 15 is 0 Å². The summed E-state index contributed by atoms with van der Waals surface area (Å²) in [5.74, 6) is 0.00141. The molecule has 2 aliphatic rings. The summed E-state index contributed by atoms with van der Waals surface area (Å²) in [6.45, 7) is 2.47. The van der Waals surface area contributed by atoms with Crippen LogP contribution in [-0.2, 0) is 14.9 Å². The second-order valence-corrected chi connectivity index (χ2v) is 7.53. The minimum absolute atomic E-state index is 0.00141. The molecular formula is C20H30N2O3. The molecule has 3 rings (SSSR count). The highest BCUT2D eigenvalue weighted by Crippen LogP contribution is 2.34. The average molecular weight is 346 g/mol. The number of hydrogen-bond acceptors (Lipinski definition) is 4. The van der Waals surface area contributed by atoms with Crippen molar-refractivity contribution in [2.45, 2.75) is 49.5 Å². The fraction of sp³-hybridized carbons (Fsp3) is 0.650. The molecule has 0 bridgehead atoms. The van der Waals surface area contributed by atoms with E-state index in [0.29, 0.717) is 6.54 Å². The summed E-state index contributed by atoms with van der Waals surface area (Å²) in [5, 5.41) is 16.1. The topological polar surface area (TPSA) is 70.6 Å². The number of aliphatic hydroxyl groups excluding tert-OH is 1. The normalized spacial score (nSPS) is 21.8. The van der Waals surface area contributed by atoms with Crippen molar-refractivity contribution in [1.29, 1.82) is 0 Å². The van der Waals surface area contributed by atoms with Crippen LogP contribution in [0.25, 0.3) is 0 Å². The third-order valence-corrected chi connectivity index (χ3v) is 5.95. The van der Waals surface area contributed by atoms with Crippen molar-refractivity contribution < 1.29 is 14.6 Å². The molecule has 5 nitrogen and oxygen atoms in total. The number of aliphatic hydroxyl groups is 1. The van der Waals surface area contributed by atoms with E-state index in [1.165, 1.54) is 5.56 Å². The van der Waals surface area contributed by atoms with Gasteiger partial charge in [0.15, 0.2) is 0 Å². The molecule has 1 saturated carbocycles. The molecule has 25 heavy (non-hydrogen) atoms. The summed E-state index contributed by atoms with van der Waals surface area (Å²) in [6.07, 6.45) is 5.97. The number of amides is 1. The van der Waals surface area contributed by atoms with Crippen molar-refractivity contribution in [3.05, 3.63) is 35.9 Å². The molecule has 5 heteroatoms. The lowest BCUT2D eigenvalue weighted by Crippen LogP contribution is -2.52. The lowest BCUT2D eigenvalue weighted by molar-refractivity contribution is -0.121. The highest BCUT2D eigenvalue weighted by atomic mass is 16.5. The summed E-state index contributed by atoms with van der Waals surface area (Å²) >= 11 is 0. The van der Waals surface area contributed by atoms with Crippen LogP contribution >= 0.6 is 0 Å². The van der Waals surface area contributed by atoms with Crippen LogP contribution in [0.2, 0.25) is 0 Å². The van der Waals surface area contributed by atoms with E-state index in [9.17, 15) is 9.90 Å². The van der Waals surface area contributed by atoms with Crippen molar-refractivity contribution in [1.82, 2.24) is 10.6 Å². The molecule has 0 unspecified atom stereocenters. The summed E-state index contributed by atoms with van der Waals surface area (Å²) in [5.41, 5.74) is 0.971. The van der Waals surface area contributed by atoms with E-state index in [1.807, 2.05) is 6.07 Å². The zero-order valence-electron chi connectivity index (χ0n) is 14.9. The molecule has 0 aromatic heterocycles. The molecule has 138 valence electrons. The first-order valence-electron chi connectivity index (χ1n) is 9.44. The summed E-state index contributed by atoms with van der Waals surface area (Å²) in [7, 11) is 0. The van der Waals surface area contributed by atoms with Gasteiger partial charge >= 0.3 is 0 Å². The van der Waals surface area contributed by atoms with Crippen molar-refractivity contribution in [2.24, 2.45) is 0 Å². The Balaban J connectivity index is 1.57. The van der Waals surface area contributed by atoms with Gasteiger partial charge in [-0.25, -0.2) is 0 Å². The van der Waals surface area contributed by atoms with Crippen LogP contribution in [0.3, 0.4) is 0 Å². The number of benzene rings is 1. The molecule has 1 aromatic carbocycles. The quantitative estimate of drug-likeness (QED) is 0.703. The van der Waals surface area contributed by atoms with Gasteiger partial charge in [0, 0.05) is 30.7 Å². The average Bonchev–Trinajstić information content (AvgIpc) is 3.16. The number of nitrogens with one attached hydrogen (secondary N) is 2. The zero-order chi connectivity index (χ0) is 17.6. The SMILES string of the molecule is O=C(CNC1(CO)CCCC1)NCC1(c2ccccc2)CCOCC1. The molecule has 0 atom stereocenters. The maximum absolute atomic E-state index is 12.4. The molecule has 1 aromatic rings. The first-order chi connectivity index (χ1) is 12.2. The van der Waals surface area contributed by atoms with Crippen LogP contribution in [0.15, 0.2) is 30.3 Å². The molecule has 1 amide bonds. The number of carbonyl (C=O) groups excluding carboxylic acids is 1. The smallest absolute Gasteiger partial charge is 0.234 e. The van der Waals surface area contributed by atoms with E-state index < -0.39 is 0 Å². The standard InChI is InChI=1S/C20H30N2O3/c23-16-20(8-4-5-9-20)22-14-18(24)21-15-19(10-12-25-13-11-19)17-6-2-1-3-7-17/h1-3,6-7,22-23H,4-5,8-16H2,(H,21,24). The molecular weight excluding hydrogens is 316 g/mol. The lowest BCUT2D eigenvalue weighted by atomic mass is 9.74. The minimum Gasteiger partial charge on any atom is -0.394 e. The zero-order valence-corrected chi connectivity index (χ0v) is 14.9. The maximum Gasteiger partial charge on any atom is 0.234 e. The van der Waals surface area contributed by atoms with Crippen molar-refractivity contribution in [3.63, 3.8) is 0 Å². The molecule has 1 aliphatic carbocycles. The van der Waals surface area contributed by atoms with Crippen LogP contribution in [0.4, 0.5) is 0 Å². The van der Waals surface area contributed by atoms with Crippen LogP contribution in [0.1, 0.15) is 44.1 Å². The molecule has 3 N–H and O–H groups in total. The summed E-state index contributed by atoms with van der Waals surface area (Å²) in [4.78, 5) is 12.4. The predicted octanol–water partition coefficient (Wildman–Crippen LogP) is 1.75.